The van der Waals surface area contributed by atoms with E-state index in [9.17, 15) is 4.79 Å². The molecule has 0 spiro atoms. The quantitative estimate of drug-likeness (QED) is 0.682. The van der Waals surface area contributed by atoms with Crippen molar-refractivity contribution in [1.82, 2.24) is 19.2 Å². The molecule has 1 N–H and O–H groups in total. The first-order valence-electron chi connectivity index (χ1n) is 11.1. The number of carbonyl (C=O) groups excluding carboxylic acids is 1. The van der Waals surface area contributed by atoms with Gasteiger partial charge in [-0.3, -0.25) is 9.48 Å². The Balaban J connectivity index is 1.37. The third-order valence-electron chi connectivity index (χ3n) is 7.02. The number of ether oxygens (including phenoxy) is 2. The highest BCUT2D eigenvalue weighted by Gasteiger charge is 2.61. The fourth-order valence-corrected chi connectivity index (χ4v) is 5.54. The van der Waals surface area contributed by atoms with Crippen molar-refractivity contribution < 1.29 is 14.3 Å². The van der Waals surface area contributed by atoms with E-state index in [4.69, 9.17) is 14.5 Å². The molecule has 2 saturated carbocycles. The summed E-state index contributed by atoms with van der Waals surface area (Å²) in [6.45, 7) is 2.88. The lowest BCUT2D eigenvalue weighted by molar-refractivity contribution is 0.0154. The van der Waals surface area contributed by atoms with E-state index < -0.39 is 0 Å². The van der Waals surface area contributed by atoms with Gasteiger partial charge in [0.2, 0.25) is 0 Å². The maximum absolute atomic E-state index is 13.1. The van der Waals surface area contributed by atoms with Gasteiger partial charge in [-0.25, -0.2) is 4.98 Å². The number of aryl methyl sites for hydroxylation is 1. The summed E-state index contributed by atoms with van der Waals surface area (Å²) >= 11 is 0. The van der Waals surface area contributed by atoms with E-state index in [-0.39, 0.29) is 23.0 Å². The van der Waals surface area contributed by atoms with E-state index in [2.05, 4.69) is 17.3 Å². The van der Waals surface area contributed by atoms with Crippen molar-refractivity contribution in [3.05, 3.63) is 42.0 Å². The van der Waals surface area contributed by atoms with E-state index in [1.165, 1.54) is 0 Å². The number of hydrogen-bond donors (Lipinski definition) is 1. The van der Waals surface area contributed by atoms with E-state index in [0.717, 1.165) is 49.9 Å². The number of aromatic nitrogens is 4. The molecule has 3 aromatic rings. The van der Waals surface area contributed by atoms with Crippen molar-refractivity contribution in [2.45, 2.75) is 62.6 Å². The van der Waals surface area contributed by atoms with Crippen LogP contribution in [-0.2, 0) is 17.2 Å². The zero-order valence-corrected chi connectivity index (χ0v) is 17.9. The summed E-state index contributed by atoms with van der Waals surface area (Å²) in [4.78, 5) is 18.1. The van der Waals surface area contributed by atoms with Crippen LogP contribution in [0.1, 0.15) is 61.5 Å². The molecule has 31 heavy (non-hydrogen) atoms. The number of hydrogen-bond acceptors (Lipinski definition) is 5. The second-order valence-corrected chi connectivity index (χ2v) is 9.67. The molecule has 2 saturated heterocycles. The number of rotatable bonds is 5. The third-order valence-corrected chi connectivity index (χ3v) is 7.02. The van der Waals surface area contributed by atoms with Crippen LogP contribution in [0.15, 0.2) is 30.7 Å². The molecule has 0 radical (unpaired) electrons. The summed E-state index contributed by atoms with van der Waals surface area (Å²) in [7, 11) is 1.82. The summed E-state index contributed by atoms with van der Waals surface area (Å²) in [5.74, 6) is 0.868. The van der Waals surface area contributed by atoms with Gasteiger partial charge in [-0.05, 0) is 45.4 Å². The van der Waals surface area contributed by atoms with Crippen molar-refractivity contribution in [3.63, 3.8) is 0 Å². The topological polar surface area (TPSA) is 82.7 Å². The first kappa shape index (κ1) is 18.9. The summed E-state index contributed by atoms with van der Waals surface area (Å²) < 4.78 is 15.9. The van der Waals surface area contributed by atoms with Gasteiger partial charge in [0.05, 0.1) is 29.6 Å². The van der Waals surface area contributed by atoms with Gasteiger partial charge >= 0.3 is 0 Å². The molecular formula is C23H27N5O3. The molecule has 0 unspecified atom stereocenters. The second-order valence-electron chi connectivity index (χ2n) is 9.67. The monoisotopic (exact) mass is 421 g/mol. The molecule has 8 heteroatoms. The maximum Gasteiger partial charge on any atom is 0.262 e. The van der Waals surface area contributed by atoms with Crippen molar-refractivity contribution in [3.8, 4) is 5.75 Å². The average molecular weight is 422 g/mol. The first-order chi connectivity index (χ1) is 14.9. The van der Waals surface area contributed by atoms with Gasteiger partial charge in [0.15, 0.2) is 5.82 Å². The predicted molar refractivity (Wildman–Crippen MR) is 115 cm³/mol. The van der Waals surface area contributed by atoms with Gasteiger partial charge < -0.3 is 19.2 Å². The molecule has 7 rings (SSSR count). The van der Waals surface area contributed by atoms with Gasteiger partial charge in [-0.1, -0.05) is 0 Å². The van der Waals surface area contributed by atoms with Crippen LogP contribution in [0.5, 0.6) is 5.75 Å². The molecule has 162 valence electrons. The smallest absolute Gasteiger partial charge is 0.262 e. The highest BCUT2D eigenvalue weighted by Crippen LogP contribution is 2.58. The van der Waals surface area contributed by atoms with Gasteiger partial charge in [-0.2, -0.15) is 5.10 Å². The molecular weight excluding hydrogens is 394 g/mol. The van der Waals surface area contributed by atoms with E-state index in [0.29, 0.717) is 23.7 Å². The Kier molecular flexibility index (Phi) is 3.99. The number of carbonyl (C=O) groups is 1. The van der Waals surface area contributed by atoms with Gasteiger partial charge in [0.25, 0.3) is 5.91 Å². The lowest BCUT2D eigenvalue weighted by Crippen LogP contribution is -2.45. The molecule has 2 aliphatic heterocycles. The number of pyridine rings is 1. The minimum atomic E-state index is -0.234. The minimum absolute atomic E-state index is 0.000274. The fraction of sp³-hybridized carbons (Fsp3) is 0.522. The zero-order valence-electron chi connectivity index (χ0n) is 17.9. The van der Waals surface area contributed by atoms with Crippen LogP contribution < -0.4 is 10.1 Å². The van der Waals surface area contributed by atoms with Crippen molar-refractivity contribution in [2.24, 2.45) is 7.05 Å². The molecule has 8 nitrogen and oxygen atoms in total. The van der Waals surface area contributed by atoms with Crippen LogP contribution >= 0.6 is 0 Å². The summed E-state index contributed by atoms with van der Waals surface area (Å²) in [5, 5.41) is 7.15. The Morgan fingerprint density at radius 2 is 2.10 bits per heavy atom. The number of imidazole rings is 1. The third kappa shape index (κ3) is 3.12. The molecule has 2 aliphatic carbocycles. The summed E-state index contributed by atoms with van der Waals surface area (Å²) in [6, 6.07) is 3.68. The van der Waals surface area contributed by atoms with Crippen LogP contribution in [-0.4, -0.2) is 43.4 Å². The number of fused-ring (bicyclic) bond motifs is 2. The van der Waals surface area contributed by atoms with Crippen LogP contribution in [0.25, 0.3) is 5.65 Å². The lowest BCUT2D eigenvalue weighted by atomic mass is 9.62. The van der Waals surface area contributed by atoms with E-state index >= 15 is 0 Å². The summed E-state index contributed by atoms with van der Waals surface area (Å²) in [6.07, 6.45) is 12.2. The lowest BCUT2D eigenvalue weighted by Gasteiger charge is -2.41. The molecule has 2 bridgehead atoms. The van der Waals surface area contributed by atoms with E-state index in [1.54, 1.807) is 16.9 Å². The molecule has 4 aliphatic rings. The van der Waals surface area contributed by atoms with Gasteiger partial charge in [-0.15, -0.1) is 0 Å². The number of nitrogens with one attached hydrogen (secondary N) is 1. The average Bonchev–Trinajstić information content (AvgIpc) is 3.50. The Labute approximate surface area is 180 Å². The highest BCUT2D eigenvalue weighted by atomic mass is 16.5. The number of amides is 1. The standard InChI is InChI=1S/C23H27N5O3/c1-22-12-23(13-22,14-30-22)18-11-28-10-16(21(29)25-19-7-8-27(2)26-19)17(9-20(28)24-18)31-15-5-3-4-6-15/h7-11,15H,3-6,12-14H2,1-2H3,(H,25,26,29). The normalized spacial score (nSPS) is 27.5. The molecule has 0 aromatic carbocycles. The number of nitrogens with zero attached hydrogens (tertiary/aromatic N) is 4. The Morgan fingerprint density at radius 1 is 1.29 bits per heavy atom. The molecule has 0 atom stereocenters. The van der Waals surface area contributed by atoms with Crippen LogP contribution in [0.4, 0.5) is 5.82 Å². The highest BCUT2D eigenvalue weighted by molar-refractivity contribution is 6.05. The van der Waals surface area contributed by atoms with Crippen molar-refractivity contribution in [2.75, 3.05) is 11.9 Å². The van der Waals surface area contributed by atoms with E-state index in [1.807, 2.05) is 29.9 Å². The maximum atomic E-state index is 13.1. The molecule has 3 aromatic heterocycles. The van der Waals surface area contributed by atoms with Crippen LogP contribution in [0.2, 0.25) is 0 Å². The van der Waals surface area contributed by atoms with Gasteiger partial charge in [0, 0.05) is 43.2 Å². The number of anilines is 1. The Hall–Kier alpha value is -2.87. The fourth-order valence-electron chi connectivity index (χ4n) is 5.54. The van der Waals surface area contributed by atoms with Crippen LogP contribution in [0, 0.1) is 0 Å². The SMILES string of the molecule is Cn1ccc(NC(=O)c2cn3cc(C45COC(C)(C4)C5)nc3cc2OC2CCCC2)n1. The van der Waals surface area contributed by atoms with Crippen molar-refractivity contribution >= 4 is 17.4 Å². The molecule has 4 fully saturated rings. The minimum Gasteiger partial charge on any atom is -0.489 e. The Morgan fingerprint density at radius 3 is 2.77 bits per heavy atom. The van der Waals surface area contributed by atoms with Gasteiger partial charge in [0.1, 0.15) is 11.4 Å². The molecule has 5 heterocycles. The predicted octanol–water partition coefficient (Wildman–Crippen LogP) is 3.46. The zero-order chi connectivity index (χ0) is 21.2. The Bertz CT molecular complexity index is 1170. The van der Waals surface area contributed by atoms with Crippen LogP contribution in [0.3, 0.4) is 0 Å². The summed E-state index contributed by atoms with van der Waals surface area (Å²) in [5.41, 5.74) is 2.33. The van der Waals surface area contributed by atoms with Crippen molar-refractivity contribution in [1.29, 1.82) is 0 Å². The second kappa shape index (κ2) is 6.56. The largest absolute Gasteiger partial charge is 0.489 e. The first-order valence-corrected chi connectivity index (χ1v) is 11.1. The molecule has 1 amide bonds.